The average Bonchev–Trinajstić information content (AvgIpc) is 3.19. The third-order valence-corrected chi connectivity index (χ3v) is 5.64. The number of aromatic nitrogens is 3. The van der Waals surface area contributed by atoms with Gasteiger partial charge >= 0.3 is 0 Å². The molecule has 0 radical (unpaired) electrons. The summed E-state index contributed by atoms with van der Waals surface area (Å²) in [6.45, 7) is 6.82. The summed E-state index contributed by atoms with van der Waals surface area (Å²) in [6.07, 6.45) is 0. The molecule has 1 aliphatic rings. The van der Waals surface area contributed by atoms with Gasteiger partial charge in [0.1, 0.15) is 6.54 Å². The van der Waals surface area contributed by atoms with E-state index in [-0.39, 0.29) is 36.8 Å². The van der Waals surface area contributed by atoms with Crippen LogP contribution in [0.15, 0.2) is 29.8 Å². The number of para-hydroxylation sites is 2. The molecule has 0 saturated carbocycles. The summed E-state index contributed by atoms with van der Waals surface area (Å²) in [5.41, 5.74) is 4.67. The smallest absolute Gasteiger partial charge is 0.242 e. The van der Waals surface area contributed by atoms with E-state index < -0.39 is 0 Å². The second-order valence-electron chi connectivity index (χ2n) is 6.42. The van der Waals surface area contributed by atoms with Crippen LogP contribution in [-0.4, -0.2) is 51.0 Å². The Kier molecular flexibility index (Phi) is 7.22. The first kappa shape index (κ1) is 21.6. The SMILES string of the molecule is Cc1ncsc1-c1nc2ccccc2n1CC(=O)N1CCNCC1C.Cl.Cl. The molecule has 4 rings (SSSR count). The number of fused-ring (bicyclic) bond motifs is 1. The van der Waals surface area contributed by atoms with Crippen LogP contribution in [0.3, 0.4) is 0 Å². The van der Waals surface area contributed by atoms with Crippen molar-refractivity contribution in [1.29, 1.82) is 0 Å². The molecule has 1 atom stereocenters. The number of piperazine rings is 1. The van der Waals surface area contributed by atoms with Crippen molar-refractivity contribution in [3.63, 3.8) is 0 Å². The number of nitrogens with one attached hydrogen (secondary N) is 1. The van der Waals surface area contributed by atoms with Crippen LogP contribution in [0.1, 0.15) is 12.6 Å². The van der Waals surface area contributed by atoms with Crippen LogP contribution in [0.5, 0.6) is 0 Å². The molecule has 1 N–H and O–H groups in total. The number of nitrogens with zero attached hydrogens (tertiary/aromatic N) is 4. The van der Waals surface area contributed by atoms with Crippen LogP contribution in [-0.2, 0) is 11.3 Å². The van der Waals surface area contributed by atoms with Crippen LogP contribution >= 0.6 is 36.2 Å². The number of halogens is 2. The summed E-state index contributed by atoms with van der Waals surface area (Å²) in [5, 5.41) is 3.33. The summed E-state index contributed by atoms with van der Waals surface area (Å²) in [5.74, 6) is 0.970. The molecule has 0 spiro atoms. The van der Waals surface area contributed by atoms with Gasteiger partial charge in [-0.1, -0.05) is 12.1 Å². The van der Waals surface area contributed by atoms with E-state index in [1.54, 1.807) is 11.3 Å². The van der Waals surface area contributed by atoms with E-state index in [9.17, 15) is 4.79 Å². The van der Waals surface area contributed by atoms with Crippen molar-refractivity contribution >= 4 is 53.1 Å². The molecule has 0 bridgehead atoms. The van der Waals surface area contributed by atoms with Gasteiger partial charge in [-0.25, -0.2) is 9.97 Å². The molecule has 1 unspecified atom stereocenters. The molecule has 3 aromatic rings. The fraction of sp³-hybridized carbons (Fsp3) is 0.389. The van der Waals surface area contributed by atoms with E-state index in [0.717, 1.165) is 47.1 Å². The van der Waals surface area contributed by atoms with Gasteiger partial charge in [-0.3, -0.25) is 4.79 Å². The largest absolute Gasteiger partial charge is 0.336 e. The first-order valence-corrected chi connectivity index (χ1v) is 9.39. The standard InChI is InChI=1S/C18H21N5OS.2ClH/c1-12-9-19-7-8-22(12)16(24)10-23-15-6-4-3-5-14(15)21-18(23)17-13(2)20-11-25-17;;/h3-6,11-12,19H,7-10H2,1-2H3;2*1H. The highest BCUT2D eigenvalue weighted by Gasteiger charge is 2.25. The normalized spacial score (nSPS) is 16.7. The van der Waals surface area contributed by atoms with E-state index in [1.807, 2.05) is 46.2 Å². The highest BCUT2D eigenvalue weighted by molar-refractivity contribution is 7.13. The minimum absolute atomic E-state index is 0. The lowest BCUT2D eigenvalue weighted by atomic mass is 10.2. The lowest BCUT2D eigenvalue weighted by Crippen LogP contribution is -2.53. The zero-order valence-corrected chi connectivity index (χ0v) is 17.7. The van der Waals surface area contributed by atoms with Crippen LogP contribution in [0, 0.1) is 6.92 Å². The Bertz CT molecular complexity index is 926. The molecule has 1 amide bonds. The topological polar surface area (TPSA) is 63.1 Å². The summed E-state index contributed by atoms with van der Waals surface area (Å²) < 4.78 is 2.03. The van der Waals surface area contributed by atoms with Gasteiger partial charge in [0.05, 0.1) is 27.1 Å². The summed E-state index contributed by atoms with van der Waals surface area (Å²) in [4.78, 5) is 25.1. The van der Waals surface area contributed by atoms with E-state index in [2.05, 4.69) is 17.2 Å². The van der Waals surface area contributed by atoms with Crippen LogP contribution in [0.4, 0.5) is 0 Å². The van der Waals surface area contributed by atoms with Gasteiger partial charge in [0.25, 0.3) is 0 Å². The Balaban J connectivity index is 0.00000131. The highest BCUT2D eigenvalue weighted by Crippen LogP contribution is 2.30. The van der Waals surface area contributed by atoms with Gasteiger partial charge in [0.2, 0.25) is 5.91 Å². The van der Waals surface area contributed by atoms with Crippen molar-refractivity contribution in [1.82, 2.24) is 24.8 Å². The number of hydrogen-bond acceptors (Lipinski definition) is 5. The Labute approximate surface area is 174 Å². The minimum atomic E-state index is 0. The molecule has 3 heterocycles. The molecule has 0 aliphatic carbocycles. The quantitative estimate of drug-likeness (QED) is 0.697. The number of rotatable bonds is 3. The molecular formula is C18H23Cl2N5OS. The molecule has 6 nitrogen and oxygen atoms in total. The van der Waals surface area contributed by atoms with Crippen molar-refractivity contribution < 1.29 is 4.79 Å². The van der Waals surface area contributed by atoms with Crippen LogP contribution < -0.4 is 5.32 Å². The van der Waals surface area contributed by atoms with Gasteiger partial charge in [0, 0.05) is 25.7 Å². The van der Waals surface area contributed by atoms with Crippen LogP contribution in [0.25, 0.3) is 21.7 Å². The van der Waals surface area contributed by atoms with E-state index in [1.165, 1.54) is 0 Å². The molecular weight excluding hydrogens is 405 g/mol. The molecule has 27 heavy (non-hydrogen) atoms. The molecule has 2 aromatic heterocycles. The Morgan fingerprint density at radius 2 is 2.11 bits per heavy atom. The number of carbonyl (C=O) groups excluding carboxylic acids is 1. The van der Waals surface area contributed by atoms with Crippen LogP contribution in [0.2, 0.25) is 0 Å². The molecule has 1 aliphatic heterocycles. The van der Waals surface area contributed by atoms with E-state index in [4.69, 9.17) is 4.98 Å². The molecule has 146 valence electrons. The lowest BCUT2D eigenvalue weighted by molar-refractivity contribution is -0.134. The summed E-state index contributed by atoms with van der Waals surface area (Å²) >= 11 is 1.57. The number of amides is 1. The molecule has 9 heteroatoms. The van der Waals surface area contributed by atoms with E-state index in [0.29, 0.717) is 6.54 Å². The third-order valence-electron chi connectivity index (χ3n) is 4.72. The maximum atomic E-state index is 13.0. The number of benzene rings is 1. The minimum Gasteiger partial charge on any atom is -0.336 e. The van der Waals surface area contributed by atoms with Gasteiger partial charge in [0.15, 0.2) is 5.82 Å². The second-order valence-corrected chi connectivity index (χ2v) is 7.27. The van der Waals surface area contributed by atoms with E-state index >= 15 is 0 Å². The zero-order chi connectivity index (χ0) is 17.4. The fourth-order valence-electron chi connectivity index (χ4n) is 3.36. The van der Waals surface area contributed by atoms with Gasteiger partial charge in [-0.2, -0.15) is 0 Å². The fourth-order valence-corrected chi connectivity index (χ4v) is 4.16. The number of carbonyl (C=O) groups is 1. The number of imidazole rings is 1. The zero-order valence-electron chi connectivity index (χ0n) is 15.2. The average molecular weight is 428 g/mol. The van der Waals surface area contributed by atoms with Crippen molar-refractivity contribution in [2.75, 3.05) is 19.6 Å². The van der Waals surface area contributed by atoms with Crippen molar-refractivity contribution in [2.24, 2.45) is 0 Å². The predicted molar refractivity (Wildman–Crippen MR) is 114 cm³/mol. The first-order valence-electron chi connectivity index (χ1n) is 8.51. The summed E-state index contributed by atoms with van der Waals surface area (Å²) in [6, 6.07) is 8.19. The summed E-state index contributed by atoms with van der Waals surface area (Å²) in [7, 11) is 0. The van der Waals surface area contributed by atoms with Gasteiger partial charge in [-0.05, 0) is 26.0 Å². The first-order chi connectivity index (χ1) is 12.1. The molecule has 1 saturated heterocycles. The van der Waals surface area contributed by atoms with Crippen molar-refractivity contribution in [2.45, 2.75) is 26.4 Å². The Hall–Kier alpha value is -1.67. The lowest BCUT2D eigenvalue weighted by Gasteiger charge is -2.34. The van der Waals surface area contributed by atoms with Crippen molar-refractivity contribution in [3.05, 3.63) is 35.5 Å². The Morgan fingerprint density at radius 3 is 2.81 bits per heavy atom. The van der Waals surface area contributed by atoms with Gasteiger partial charge in [-0.15, -0.1) is 36.2 Å². The molecule has 1 aromatic carbocycles. The maximum Gasteiger partial charge on any atom is 0.242 e. The van der Waals surface area contributed by atoms with Gasteiger partial charge < -0.3 is 14.8 Å². The number of hydrogen-bond donors (Lipinski definition) is 1. The Morgan fingerprint density at radius 1 is 1.33 bits per heavy atom. The highest BCUT2D eigenvalue weighted by atomic mass is 35.5. The number of aryl methyl sites for hydroxylation is 1. The monoisotopic (exact) mass is 427 g/mol. The number of thiazole rings is 1. The molecule has 1 fully saturated rings. The maximum absolute atomic E-state index is 13.0. The predicted octanol–water partition coefficient (Wildman–Crippen LogP) is 3.13. The second kappa shape index (κ2) is 9.01. The van der Waals surface area contributed by atoms with Crippen molar-refractivity contribution in [3.8, 4) is 10.7 Å². The third kappa shape index (κ3) is 4.11.